The van der Waals surface area contributed by atoms with Crippen LogP contribution in [0.25, 0.3) is 0 Å². The van der Waals surface area contributed by atoms with Crippen molar-refractivity contribution in [3.05, 3.63) is 23.8 Å². The van der Waals surface area contributed by atoms with Gasteiger partial charge in [-0.2, -0.15) is 8.78 Å². The molecule has 1 aliphatic carbocycles. The molecule has 1 fully saturated rings. The van der Waals surface area contributed by atoms with Gasteiger partial charge in [-0.3, -0.25) is 4.79 Å². The minimum absolute atomic E-state index is 0.0236. The maximum Gasteiger partial charge on any atom is 0.387 e. The standard InChI is InChI=1S/C17H24F2N2O3/c1-2-23-14-10-12(6-7-13(14)24-16(18)19)11-21-15(22)17(20)8-4-3-5-9-17/h6-7,10,16H,2-5,8-9,11,20H2,1H3,(H,21,22). The molecule has 0 radical (unpaired) electrons. The number of ether oxygens (including phenoxy) is 2. The molecular weight excluding hydrogens is 318 g/mol. The molecular formula is C17H24F2N2O3. The zero-order valence-corrected chi connectivity index (χ0v) is 13.8. The monoisotopic (exact) mass is 342 g/mol. The topological polar surface area (TPSA) is 73.6 Å². The Balaban J connectivity index is 2.01. The van der Waals surface area contributed by atoms with Gasteiger partial charge in [0.2, 0.25) is 5.91 Å². The number of nitrogens with one attached hydrogen (secondary N) is 1. The van der Waals surface area contributed by atoms with Crippen LogP contribution in [0.2, 0.25) is 0 Å². The average Bonchev–Trinajstić information content (AvgIpc) is 2.55. The van der Waals surface area contributed by atoms with E-state index in [-0.39, 0.29) is 24.0 Å². The van der Waals surface area contributed by atoms with Gasteiger partial charge in [-0.15, -0.1) is 0 Å². The molecule has 2 rings (SSSR count). The predicted molar refractivity (Wildman–Crippen MR) is 86.1 cm³/mol. The van der Waals surface area contributed by atoms with E-state index in [1.54, 1.807) is 19.1 Å². The summed E-state index contributed by atoms with van der Waals surface area (Å²) < 4.78 is 34.5. The molecule has 0 saturated heterocycles. The first-order valence-electron chi connectivity index (χ1n) is 8.22. The molecule has 1 aromatic rings. The van der Waals surface area contributed by atoms with Crippen LogP contribution >= 0.6 is 0 Å². The number of hydrogen-bond acceptors (Lipinski definition) is 4. The van der Waals surface area contributed by atoms with Crippen molar-refractivity contribution in [1.29, 1.82) is 0 Å². The van der Waals surface area contributed by atoms with Gasteiger partial charge in [0.1, 0.15) is 0 Å². The van der Waals surface area contributed by atoms with Gasteiger partial charge in [0.05, 0.1) is 12.1 Å². The Labute approximate surface area is 140 Å². The van der Waals surface area contributed by atoms with Crippen molar-refractivity contribution in [2.45, 2.75) is 57.7 Å². The highest BCUT2D eigenvalue weighted by Crippen LogP contribution is 2.30. The van der Waals surface area contributed by atoms with Gasteiger partial charge in [-0.1, -0.05) is 25.3 Å². The number of hydrogen-bond donors (Lipinski definition) is 2. The highest BCUT2D eigenvalue weighted by atomic mass is 19.3. The summed E-state index contributed by atoms with van der Waals surface area (Å²) in [6.07, 6.45) is 4.39. The molecule has 0 heterocycles. The van der Waals surface area contributed by atoms with Gasteiger partial charge in [0.25, 0.3) is 0 Å². The number of alkyl halides is 2. The lowest BCUT2D eigenvalue weighted by atomic mass is 9.82. The molecule has 0 bridgehead atoms. The van der Waals surface area contributed by atoms with Crippen LogP contribution in [0.1, 0.15) is 44.6 Å². The lowest BCUT2D eigenvalue weighted by molar-refractivity contribution is -0.127. The summed E-state index contributed by atoms with van der Waals surface area (Å²) in [6.45, 7) is -0.589. The zero-order valence-electron chi connectivity index (χ0n) is 13.8. The molecule has 7 heteroatoms. The van der Waals surface area contributed by atoms with Gasteiger partial charge in [-0.25, -0.2) is 0 Å². The van der Waals surface area contributed by atoms with Crippen LogP contribution in [0.15, 0.2) is 18.2 Å². The molecule has 5 nitrogen and oxygen atoms in total. The Hall–Kier alpha value is -1.89. The Bertz CT molecular complexity index is 561. The quantitative estimate of drug-likeness (QED) is 0.799. The number of carbonyl (C=O) groups excluding carboxylic acids is 1. The van der Waals surface area contributed by atoms with E-state index in [0.717, 1.165) is 24.8 Å². The molecule has 1 aliphatic rings. The van der Waals surface area contributed by atoms with Gasteiger partial charge >= 0.3 is 6.61 Å². The Morgan fingerprint density at radius 1 is 1.29 bits per heavy atom. The second-order valence-corrected chi connectivity index (χ2v) is 5.99. The summed E-state index contributed by atoms with van der Waals surface area (Å²) in [5.41, 5.74) is 6.11. The third-order valence-corrected chi connectivity index (χ3v) is 4.18. The summed E-state index contributed by atoms with van der Waals surface area (Å²) in [6, 6.07) is 4.62. The van der Waals surface area contributed by atoms with Crippen LogP contribution < -0.4 is 20.5 Å². The van der Waals surface area contributed by atoms with Crippen molar-refractivity contribution in [2.75, 3.05) is 6.61 Å². The second-order valence-electron chi connectivity index (χ2n) is 5.99. The fourth-order valence-electron chi connectivity index (χ4n) is 2.89. The third kappa shape index (κ3) is 4.80. The number of rotatable bonds is 7. The Morgan fingerprint density at radius 3 is 2.62 bits per heavy atom. The Morgan fingerprint density at radius 2 is 2.00 bits per heavy atom. The smallest absolute Gasteiger partial charge is 0.387 e. The molecule has 0 unspecified atom stereocenters. The molecule has 3 N–H and O–H groups in total. The minimum atomic E-state index is -2.92. The van der Waals surface area contributed by atoms with E-state index in [0.29, 0.717) is 19.4 Å². The number of nitrogens with two attached hydrogens (primary N) is 1. The first-order chi connectivity index (χ1) is 11.4. The van der Waals surface area contributed by atoms with Crippen molar-refractivity contribution >= 4 is 5.91 Å². The van der Waals surface area contributed by atoms with Crippen LogP contribution in [-0.4, -0.2) is 24.7 Å². The van der Waals surface area contributed by atoms with Crippen LogP contribution in [0.5, 0.6) is 11.5 Å². The largest absolute Gasteiger partial charge is 0.490 e. The highest BCUT2D eigenvalue weighted by molar-refractivity contribution is 5.86. The SMILES string of the molecule is CCOc1cc(CNC(=O)C2(N)CCCCC2)ccc1OC(F)F. The van der Waals surface area contributed by atoms with Crippen LogP contribution in [-0.2, 0) is 11.3 Å². The predicted octanol–water partition coefficient (Wildman–Crippen LogP) is 2.96. The lowest BCUT2D eigenvalue weighted by Gasteiger charge is -2.31. The molecule has 1 saturated carbocycles. The lowest BCUT2D eigenvalue weighted by Crippen LogP contribution is -2.54. The number of amides is 1. The first-order valence-corrected chi connectivity index (χ1v) is 8.22. The molecule has 1 amide bonds. The van der Waals surface area contributed by atoms with Crippen molar-refractivity contribution < 1.29 is 23.0 Å². The van der Waals surface area contributed by atoms with Crippen molar-refractivity contribution in [2.24, 2.45) is 5.73 Å². The summed E-state index contributed by atoms with van der Waals surface area (Å²) in [4.78, 5) is 12.3. The maximum atomic E-state index is 12.4. The van der Waals surface area contributed by atoms with E-state index in [4.69, 9.17) is 10.5 Å². The molecule has 0 aromatic heterocycles. The van der Waals surface area contributed by atoms with Crippen molar-refractivity contribution in [1.82, 2.24) is 5.32 Å². The van der Waals surface area contributed by atoms with Crippen LogP contribution in [0.4, 0.5) is 8.78 Å². The zero-order chi connectivity index (χ0) is 17.6. The van der Waals surface area contributed by atoms with Crippen molar-refractivity contribution in [3.8, 4) is 11.5 Å². The van der Waals surface area contributed by atoms with E-state index >= 15 is 0 Å². The number of halogens is 2. The van der Waals surface area contributed by atoms with E-state index in [2.05, 4.69) is 10.1 Å². The third-order valence-electron chi connectivity index (χ3n) is 4.18. The Kier molecular flexibility index (Phi) is 6.36. The fourth-order valence-corrected chi connectivity index (χ4v) is 2.89. The van der Waals surface area contributed by atoms with E-state index in [9.17, 15) is 13.6 Å². The molecule has 134 valence electrons. The second kappa shape index (κ2) is 8.28. The minimum Gasteiger partial charge on any atom is -0.490 e. The highest BCUT2D eigenvalue weighted by Gasteiger charge is 2.34. The molecule has 0 spiro atoms. The molecule has 24 heavy (non-hydrogen) atoms. The molecule has 0 aliphatic heterocycles. The van der Waals surface area contributed by atoms with E-state index in [1.165, 1.54) is 6.07 Å². The summed E-state index contributed by atoms with van der Waals surface area (Å²) >= 11 is 0. The van der Waals surface area contributed by atoms with Crippen LogP contribution in [0.3, 0.4) is 0 Å². The summed E-state index contributed by atoms with van der Waals surface area (Å²) in [5.74, 6) is 0.0299. The molecule has 0 atom stereocenters. The fraction of sp³-hybridized carbons (Fsp3) is 0.588. The van der Waals surface area contributed by atoms with Gasteiger partial charge in [0, 0.05) is 6.54 Å². The summed E-state index contributed by atoms with van der Waals surface area (Å²) in [5, 5.41) is 2.83. The maximum absolute atomic E-state index is 12.4. The van der Waals surface area contributed by atoms with E-state index < -0.39 is 12.2 Å². The van der Waals surface area contributed by atoms with Crippen LogP contribution in [0, 0.1) is 0 Å². The average molecular weight is 342 g/mol. The molecule has 1 aromatic carbocycles. The van der Waals surface area contributed by atoms with Gasteiger partial charge in [0.15, 0.2) is 11.5 Å². The first kappa shape index (κ1) is 18.4. The number of benzene rings is 1. The summed E-state index contributed by atoms with van der Waals surface area (Å²) in [7, 11) is 0. The number of carbonyl (C=O) groups is 1. The van der Waals surface area contributed by atoms with E-state index in [1.807, 2.05) is 0 Å². The van der Waals surface area contributed by atoms with Crippen molar-refractivity contribution in [3.63, 3.8) is 0 Å². The normalized spacial score (nSPS) is 16.7. The van der Waals surface area contributed by atoms with Gasteiger partial charge < -0.3 is 20.5 Å². The van der Waals surface area contributed by atoms with Gasteiger partial charge in [-0.05, 0) is 37.5 Å².